The van der Waals surface area contributed by atoms with Gasteiger partial charge in [-0.15, -0.1) is 11.3 Å². The summed E-state index contributed by atoms with van der Waals surface area (Å²) < 4.78 is 12.3. The Labute approximate surface area is 178 Å². The molecule has 2 aromatic heterocycles. The molecule has 1 N–H and O–H groups in total. The van der Waals surface area contributed by atoms with Crippen LogP contribution in [0.15, 0.2) is 40.5 Å². The number of carbonyl (C=O) groups is 1. The zero-order valence-electron chi connectivity index (χ0n) is 17.3. The van der Waals surface area contributed by atoms with E-state index in [9.17, 15) is 9.59 Å². The highest BCUT2D eigenvalue weighted by Gasteiger charge is 2.11. The van der Waals surface area contributed by atoms with Crippen molar-refractivity contribution in [2.24, 2.45) is 5.10 Å². The molecule has 9 heteroatoms. The summed E-state index contributed by atoms with van der Waals surface area (Å²) in [5, 5.41) is 4.49. The second-order valence-electron chi connectivity index (χ2n) is 6.83. The fourth-order valence-electron chi connectivity index (χ4n) is 2.78. The number of aromatic nitrogens is 2. The summed E-state index contributed by atoms with van der Waals surface area (Å²) in [5.41, 5.74) is 2.92. The number of nitrogens with one attached hydrogen (secondary N) is 1. The van der Waals surface area contributed by atoms with E-state index in [0.717, 1.165) is 16.9 Å². The number of fused-ring (bicyclic) bond motifs is 1. The predicted molar refractivity (Wildman–Crippen MR) is 118 cm³/mol. The first-order valence-electron chi connectivity index (χ1n) is 9.55. The van der Waals surface area contributed by atoms with Crippen LogP contribution < -0.4 is 20.5 Å². The molecule has 30 heavy (non-hydrogen) atoms. The smallest absolute Gasteiger partial charge is 0.262 e. The molecule has 0 fully saturated rings. The molecule has 0 aliphatic carbocycles. The van der Waals surface area contributed by atoms with Crippen molar-refractivity contribution in [1.29, 1.82) is 0 Å². The van der Waals surface area contributed by atoms with Crippen molar-refractivity contribution in [2.45, 2.75) is 39.8 Å². The largest absolute Gasteiger partial charge is 0.493 e. The van der Waals surface area contributed by atoms with Gasteiger partial charge in [0.2, 0.25) is 0 Å². The van der Waals surface area contributed by atoms with Gasteiger partial charge in [-0.25, -0.2) is 10.4 Å². The fraction of sp³-hybridized carbons (Fsp3) is 0.333. The molecule has 3 rings (SSSR count). The standard InChI is InChI=1S/C21H24N4O4S/c1-5-15-9-16-20(30-15)22-12-25(21(16)27)11-19(26)24-23-10-14-6-7-17(29-13(2)3)18(8-14)28-4/h6-10,12-13H,5,11H2,1-4H3,(H,24,26). The monoisotopic (exact) mass is 428 g/mol. The molecular formula is C21H24N4O4S. The third-order valence-electron chi connectivity index (χ3n) is 4.18. The predicted octanol–water partition coefficient (Wildman–Crippen LogP) is 2.97. The minimum atomic E-state index is -0.424. The second-order valence-corrected chi connectivity index (χ2v) is 7.95. The average molecular weight is 429 g/mol. The van der Waals surface area contributed by atoms with Gasteiger partial charge in [-0.3, -0.25) is 14.2 Å². The Bertz CT molecular complexity index is 1130. The van der Waals surface area contributed by atoms with Gasteiger partial charge in [-0.2, -0.15) is 5.10 Å². The zero-order chi connectivity index (χ0) is 21.7. The highest BCUT2D eigenvalue weighted by atomic mass is 32.1. The Hall–Kier alpha value is -3.20. The molecule has 0 unspecified atom stereocenters. The van der Waals surface area contributed by atoms with Gasteiger partial charge < -0.3 is 9.47 Å². The highest BCUT2D eigenvalue weighted by molar-refractivity contribution is 7.18. The third kappa shape index (κ3) is 5.04. The van der Waals surface area contributed by atoms with Gasteiger partial charge in [0.15, 0.2) is 11.5 Å². The molecule has 0 aliphatic heterocycles. The number of hydrazone groups is 1. The van der Waals surface area contributed by atoms with Gasteiger partial charge in [0, 0.05) is 4.88 Å². The fourth-order valence-corrected chi connectivity index (χ4v) is 3.71. The van der Waals surface area contributed by atoms with Gasteiger partial charge in [0.25, 0.3) is 11.5 Å². The Morgan fingerprint density at radius 3 is 2.83 bits per heavy atom. The number of methoxy groups -OCH3 is 1. The quantitative estimate of drug-likeness (QED) is 0.440. The summed E-state index contributed by atoms with van der Waals surface area (Å²) in [6.45, 7) is 5.73. The first-order valence-corrected chi connectivity index (χ1v) is 10.4. The molecule has 1 aromatic carbocycles. The number of hydrogen-bond donors (Lipinski definition) is 1. The Morgan fingerprint density at radius 1 is 1.33 bits per heavy atom. The van der Waals surface area contributed by atoms with Crippen LogP contribution in [0.3, 0.4) is 0 Å². The molecule has 3 aromatic rings. The number of rotatable bonds is 8. The van der Waals surface area contributed by atoms with Gasteiger partial charge in [0.1, 0.15) is 11.4 Å². The summed E-state index contributed by atoms with van der Waals surface area (Å²) in [6, 6.07) is 7.19. The zero-order valence-corrected chi connectivity index (χ0v) is 18.2. The van der Waals surface area contributed by atoms with E-state index in [1.807, 2.05) is 26.8 Å². The second kappa shape index (κ2) is 9.53. The summed E-state index contributed by atoms with van der Waals surface area (Å²) in [6.07, 6.45) is 3.75. The number of ether oxygens (including phenoxy) is 2. The first kappa shape index (κ1) is 21.5. The van der Waals surface area contributed by atoms with Crippen LogP contribution in [0.5, 0.6) is 11.5 Å². The summed E-state index contributed by atoms with van der Waals surface area (Å²) in [5.74, 6) is 0.787. The van der Waals surface area contributed by atoms with Crippen molar-refractivity contribution in [1.82, 2.24) is 15.0 Å². The van der Waals surface area contributed by atoms with Crippen molar-refractivity contribution < 1.29 is 14.3 Å². The minimum absolute atomic E-state index is 0.0254. The normalized spacial score (nSPS) is 11.4. The van der Waals surface area contributed by atoms with E-state index in [1.165, 1.54) is 28.4 Å². The maximum atomic E-state index is 12.6. The molecule has 0 radical (unpaired) electrons. The van der Waals surface area contributed by atoms with Gasteiger partial charge in [-0.1, -0.05) is 6.92 Å². The average Bonchev–Trinajstić information content (AvgIpc) is 3.15. The van der Waals surface area contributed by atoms with E-state index in [2.05, 4.69) is 15.5 Å². The maximum absolute atomic E-state index is 12.6. The molecular weight excluding hydrogens is 404 g/mol. The summed E-state index contributed by atoms with van der Waals surface area (Å²) in [7, 11) is 1.56. The lowest BCUT2D eigenvalue weighted by atomic mass is 10.2. The maximum Gasteiger partial charge on any atom is 0.262 e. The first-order chi connectivity index (χ1) is 14.4. The summed E-state index contributed by atoms with van der Waals surface area (Å²) in [4.78, 5) is 30.8. The number of nitrogens with zero attached hydrogens (tertiary/aromatic N) is 3. The molecule has 1 amide bonds. The number of carbonyl (C=O) groups excluding carboxylic acids is 1. The van der Waals surface area contributed by atoms with Crippen LogP contribution >= 0.6 is 11.3 Å². The van der Waals surface area contributed by atoms with Gasteiger partial charge in [0.05, 0.1) is 31.1 Å². The number of hydrogen-bond acceptors (Lipinski definition) is 7. The van der Waals surface area contributed by atoms with Gasteiger partial charge >= 0.3 is 0 Å². The van der Waals surface area contributed by atoms with Crippen LogP contribution in [-0.4, -0.2) is 34.9 Å². The lowest BCUT2D eigenvalue weighted by Gasteiger charge is -2.13. The topological polar surface area (TPSA) is 94.8 Å². The van der Waals surface area contributed by atoms with Crippen molar-refractivity contribution in [3.8, 4) is 11.5 Å². The molecule has 0 saturated heterocycles. The molecule has 0 bridgehead atoms. The van der Waals surface area contributed by atoms with Crippen LogP contribution in [0.1, 0.15) is 31.2 Å². The molecule has 158 valence electrons. The van der Waals surface area contributed by atoms with Crippen molar-refractivity contribution in [2.75, 3.05) is 7.11 Å². The molecule has 0 aliphatic rings. The van der Waals surface area contributed by atoms with Crippen LogP contribution in [0.4, 0.5) is 0 Å². The lowest BCUT2D eigenvalue weighted by molar-refractivity contribution is -0.121. The highest BCUT2D eigenvalue weighted by Crippen LogP contribution is 2.28. The number of benzene rings is 1. The van der Waals surface area contributed by atoms with Crippen LogP contribution in [0.25, 0.3) is 10.2 Å². The molecule has 0 saturated carbocycles. The Morgan fingerprint density at radius 2 is 2.13 bits per heavy atom. The van der Waals surface area contributed by atoms with E-state index in [0.29, 0.717) is 21.7 Å². The molecule has 8 nitrogen and oxygen atoms in total. The van der Waals surface area contributed by atoms with Gasteiger partial charge in [-0.05, 0) is 50.1 Å². The minimum Gasteiger partial charge on any atom is -0.493 e. The summed E-state index contributed by atoms with van der Waals surface area (Å²) >= 11 is 1.49. The van der Waals surface area contributed by atoms with E-state index < -0.39 is 5.91 Å². The SMILES string of the molecule is CCc1cc2c(=O)n(CC(=O)NN=Cc3ccc(OC(C)C)c(OC)c3)cnc2s1. The Balaban J connectivity index is 1.66. The van der Waals surface area contributed by atoms with E-state index in [-0.39, 0.29) is 18.2 Å². The van der Waals surface area contributed by atoms with E-state index >= 15 is 0 Å². The van der Waals surface area contributed by atoms with E-state index in [1.54, 1.807) is 25.3 Å². The number of amides is 1. The molecule has 0 atom stereocenters. The number of aryl methyl sites for hydroxylation is 1. The third-order valence-corrected chi connectivity index (χ3v) is 5.37. The van der Waals surface area contributed by atoms with Crippen LogP contribution in [-0.2, 0) is 17.8 Å². The van der Waals surface area contributed by atoms with Crippen LogP contribution in [0, 0.1) is 0 Å². The van der Waals surface area contributed by atoms with Crippen molar-refractivity contribution in [3.05, 3.63) is 51.4 Å². The van der Waals surface area contributed by atoms with Crippen molar-refractivity contribution >= 4 is 33.7 Å². The van der Waals surface area contributed by atoms with Crippen molar-refractivity contribution in [3.63, 3.8) is 0 Å². The van der Waals surface area contributed by atoms with Crippen LogP contribution in [0.2, 0.25) is 0 Å². The molecule has 0 spiro atoms. The lowest BCUT2D eigenvalue weighted by Crippen LogP contribution is -2.29. The Kier molecular flexibility index (Phi) is 6.83. The van der Waals surface area contributed by atoms with E-state index in [4.69, 9.17) is 9.47 Å². The molecule has 2 heterocycles. The number of thiophene rings is 1.